The highest BCUT2D eigenvalue weighted by Crippen LogP contribution is 2.44. The zero-order chi connectivity index (χ0) is 16.1. The first-order valence-corrected chi connectivity index (χ1v) is 8.59. The summed E-state index contributed by atoms with van der Waals surface area (Å²) in [7, 11) is 0. The monoisotopic (exact) mass is 314 g/mol. The Morgan fingerprint density at radius 1 is 0.875 bits per heavy atom. The molecule has 118 valence electrons. The lowest BCUT2D eigenvalue weighted by atomic mass is 9.94. The molecule has 0 amide bonds. The van der Waals surface area contributed by atoms with Crippen LogP contribution in [0.1, 0.15) is 12.8 Å². The van der Waals surface area contributed by atoms with E-state index in [0.717, 1.165) is 29.0 Å². The minimum Gasteiger partial charge on any atom is -0.426 e. The van der Waals surface area contributed by atoms with Gasteiger partial charge in [0.15, 0.2) is 0 Å². The lowest BCUT2D eigenvalue weighted by Crippen LogP contribution is -2.24. The maximum absolute atomic E-state index is 12.7. The summed E-state index contributed by atoms with van der Waals surface area (Å²) < 4.78 is 5.84. The highest BCUT2D eigenvalue weighted by molar-refractivity contribution is 6.01. The van der Waals surface area contributed by atoms with Crippen molar-refractivity contribution in [2.24, 2.45) is 17.8 Å². The van der Waals surface area contributed by atoms with Crippen LogP contribution in [0.25, 0.3) is 21.5 Å². The molecule has 1 saturated carbocycles. The molecule has 3 aromatic carbocycles. The highest BCUT2D eigenvalue weighted by Gasteiger charge is 2.41. The summed E-state index contributed by atoms with van der Waals surface area (Å²) in [5.74, 6) is 1.57. The molecular weight excluding hydrogens is 296 g/mol. The first-order chi connectivity index (χ1) is 11.8. The summed E-state index contributed by atoms with van der Waals surface area (Å²) in [5.41, 5.74) is 0. The number of carbonyl (C=O) groups is 1. The van der Waals surface area contributed by atoms with Gasteiger partial charge in [-0.15, -0.1) is 0 Å². The molecule has 0 saturated heterocycles. The summed E-state index contributed by atoms with van der Waals surface area (Å²) in [6, 6.07) is 18.5. The maximum atomic E-state index is 12.7. The quantitative estimate of drug-likeness (QED) is 0.284. The van der Waals surface area contributed by atoms with Gasteiger partial charge in [0.2, 0.25) is 0 Å². The van der Waals surface area contributed by atoms with Crippen molar-refractivity contribution in [2.75, 3.05) is 0 Å². The molecule has 3 aromatic rings. The molecule has 0 heterocycles. The lowest BCUT2D eigenvalue weighted by molar-refractivity contribution is -0.139. The van der Waals surface area contributed by atoms with Crippen molar-refractivity contribution in [3.63, 3.8) is 0 Å². The normalized spacial score (nSPS) is 24.8. The summed E-state index contributed by atoms with van der Waals surface area (Å²) >= 11 is 0. The van der Waals surface area contributed by atoms with Gasteiger partial charge in [0, 0.05) is 5.39 Å². The SMILES string of the molecule is O=C(Oc1cccc2cc3ccccc3cc12)C1CC2C=CC1C2. The van der Waals surface area contributed by atoms with Gasteiger partial charge in [-0.05, 0) is 59.0 Å². The topological polar surface area (TPSA) is 26.3 Å². The van der Waals surface area contributed by atoms with Crippen LogP contribution in [0, 0.1) is 17.8 Å². The van der Waals surface area contributed by atoms with Gasteiger partial charge in [-0.25, -0.2) is 0 Å². The Hall–Kier alpha value is -2.61. The molecule has 2 heteroatoms. The molecule has 2 nitrogen and oxygen atoms in total. The summed E-state index contributed by atoms with van der Waals surface area (Å²) in [4.78, 5) is 12.7. The first kappa shape index (κ1) is 13.8. The molecule has 2 bridgehead atoms. The predicted octanol–water partition coefficient (Wildman–Crippen LogP) is 5.11. The van der Waals surface area contributed by atoms with Crippen molar-refractivity contribution in [2.45, 2.75) is 12.8 Å². The fourth-order valence-corrected chi connectivity index (χ4v) is 4.26. The number of hydrogen-bond acceptors (Lipinski definition) is 2. The number of ether oxygens (including phenoxy) is 1. The van der Waals surface area contributed by atoms with Gasteiger partial charge in [-0.1, -0.05) is 48.6 Å². The Balaban J connectivity index is 1.53. The lowest BCUT2D eigenvalue weighted by Gasteiger charge is -2.17. The number of hydrogen-bond donors (Lipinski definition) is 0. The van der Waals surface area contributed by atoms with Crippen LogP contribution in [0.4, 0.5) is 0 Å². The average Bonchev–Trinajstić information content (AvgIpc) is 3.24. The van der Waals surface area contributed by atoms with E-state index in [2.05, 4.69) is 42.5 Å². The van der Waals surface area contributed by atoms with E-state index in [1.54, 1.807) is 0 Å². The average molecular weight is 314 g/mol. The maximum Gasteiger partial charge on any atom is 0.314 e. The van der Waals surface area contributed by atoms with E-state index in [-0.39, 0.29) is 11.9 Å². The predicted molar refractivity (Wildman–Crippen MR) is 95.9 cm³/mol. The first-order valence-electron chi connectivity index (χ1n) is 8.59. The van der Waals surface area contributed by atoms with Crippen molar-refractivity contribution in [3.05, 3.63) is 66.7 Å². The largest absolute Gasteiger partial charge is 0.426 e. The van der Waals surface area contributed by atoms with E-state index >= 15 is 0 Å². The van der Waals surface area contributed by atoms with E-state index in [1.165, 1.54) is 5.39 Å². The third kappa shape index (κ3) is 2.14. The Bertz CT molecular complexity index is 986. The standard InChI is InChI=1S/C22H18O2/c23-22(20-11-14-8-9-18(20)10-14)24-21-7-3-6-17-12-15-4-1-2-5-16(15)13-19(17)21/h1-9,12-14,18,20H,10-11H2. The molecule has 0 spiro atoms. The van der Waals surface area contributed by atoms with Crippen molar-refractivity contribution in [1.29, 1.82) is 0 Å². The van der Waals surface area contributed by atoms with Crippen LogP contribution in [0.15, 0.2) is 66.7 Å². The smallest absolute Gasteiger partial charge is 0.314 e. The minimum atomic E-state index is -0.0764. The molecule has 5 rings (SSSR count). The highest BCUT2D eigenvalue weighted by atomic mass is 16.5. The van der Waals surface area contributed by atoms with E-state index in [9.17, 15) is 4.79 Å². The summed E-state index contributed by atoms with van der Waals surface area (Å²) in [6.07, 6.45) is 6.49. The second kappa shape index (κ2) is 5.20. The molecule has 24 heavy (non-hydrogen) atoms. The van der Waals surface area contributed by atoms with E-state index in [0.29, 0.717) is 17.6 Å². The molecule has 1 fully saturated rings. The molecule has 0 radical (unpaired) electrons. The Labute approximate surface area is 140 Å². The van der Waals surface area contributed by atoms with Gasteiger partial charge in [0.25, 0.3) is 0 Å². The Morgan fingerprint density at radius 3 is 2.42 bits per heavy atom. The van der Waals surface area contributed by atoms with Crippen molar-refractivity contribution in [1.82, 2.24) is 0 Å². The second-order valence-electron chi connectivity index (χ2n) is 6.98. The number of fused-ring (bicyclic) bond motifs is 4. The van der Waals surface area contributed by atoms with Crippen LogP contribution in [-0.4, -0.2) is 5.97 Å². The molecule has 0 aromatic heterocycles. The van der Waals surface area contributed by atoms with Crippen LogP contribution in [-0.2, 0) is 4.79 Å². The molecule has 2 aliphatic carbocycles. The number of benzene rings is 3. The van der Waals surface area contributed by atoms with Crippen LogP contribution in [0.5, 0.6) is 5.75 Å². The molecule has 0 N–H and O–H groups in total. The molecular formula is C22H18O2. The van der Waals surface area contributed by atoms with E-state index < -0.39 is 0 Å². The van der Waals surface area contributed by atoms with Crippen molar-refractivity contribution < 1.29 is 9.53 Å². The second-order valence-corrected chi connectivity index (χ2v) is 6.98. The van der Waals surface area contributed by atoms with Crippen LogP contribution >= 0.6 is 0 Å². The van der Waals surface area contributed by atoms with Gasteiger partial charge in [-0.2, -0.15) is 0 Å². The summed E-state index contributed by atoms with van der Waals surface area (Å²) in [5, 5.41) is 4.47. The fraction of sp³-hybridized carbons (Fsp3) is 0.227. The molecule has 3 atom stereocenters. The number of carbonyl (C=O) groups excluding carboxylic acids is 1. The zero-order valence-electron chi connectivity index (χ0n) is 13.3. The Morgan fingerprint density at radius 2 is 1.67 bits per heavy atom. The van der Waals surface area contributed by atoms with Crippen LogP contribution < -0.4 is 4.74 Å². The molecule has 2 aliphatic rings. The van der Waals surface area contributed by atoms with Gasteiger partial charge in [-0.3, -0.25) is 4.79 Å². The number of rotatable bonds is 2. The minimum absolute atomic E-state index is 0.0238. The number of allylic oxidation sites excluding steroid dienone is 2. The molecule has 0 aliphatic heterocycles. The van der Waals surface area contributed by atoms with E-state index in [4.69, 9.17) is 4.74 Å². The molecule has 3 unspecified atom stereocenters. The van der Waals surface area contributed by atoms with Crippen molar-refractivity contribution in [3.8, 4) is 5.75 Å². The summed E-state index contributed by atoms with van der Waals surface area (Å²) in [6.45, 7) is 0. The van der Waals surface area contributed by atoms with Gasteiger partial charge >= 0.3 is 5.97 Å². The van der Waals surface area contributed by atoms with Gasteiger partial charge in [0.1, 0.15) is 5.75 Å². The number of esters is 1. The third-order valence-electron chi connectivity index (χ3n) is 5.50. The van der Waals surface area contributed by atoms with Crippen molar-refractivity contribution >= 4 is 27.5 Å². The van der Waals surface area contributed by atoms with E-state index in [1.807, 2.05) is 24.3 Å². The van der Waals surface area contributed by atoms with Crippen LogP contribution in [0.2, 0.25) is 0 Å². The zero-order valence-corrected chi connectivity index (χ0v) is 13.3. The fourth-order valence-electron chi connectivity index (χ4n) is 4.26. The Kier molecular flexibility index (Phi) is 2.99. The van der Waals surface area contributed by atoms with Gasteiger partial charge in [0.05, 0.1) is 5.92 Å². The van der Waals surface area contributed by atoms with Crippen LogP contribution in [0.3, 0.4) is 0 Å². The third-order valence-corrected chi connectivity index (χ3v) is 5.50. The van der Waals surface area contributed by atoms with Gasteiger partial charge < -0.3 is 4.74 Å².